The molecule has 1 saturated heterocycles. The minimum absolute atomic E-state index is 0.00149. The Morgan fingerprint density at radius 2 is 1.96 bits per heavy atom. The molecule has 1 N–H and O–H groups in total. The average molecular weight is 399 g/mol. The van der Waals surface area contributed by atoms with Crippen molar-refractivity contribution in [2.75, 3.05) is 25.0 Å². The van der Waals surface area contributed by atoms with Crippen LogP contribution in [-0.2, 0) is 6.18 Å². The molecule has 1 aliphatic rings. The minimum atomic E-state index is -4.37. The van der Waals surface area contributed by atoms with E-state index in [-0.39, 0.29) is 17.1 Å². The second-order valence-corrected chi connectivity index (χ2v) is 7.23. The molecule has 0 unspecified atom stereocenters. The van der Waals surface area contributed by atoms with Gasteiger partial charge in [-0.2, -0.15) is 13.2 Å². The summed E-state index contributed by atoms with van der Waals surface area (Å²) in [4.78, 5) is 17.4. The number of nitrogens with zero attached hydrogens (tertiary/aromatic N) is 2. The number of piperidine rings is 1. The highest BCUT2D eigenvalue weighted by Crippen LogP contribution is 2.35. The smallest absolute Gasteiger partial charge is 0.427 e. The number of nitrogens with one attached hydrogen (secondary N) is 1. The third-order valence-corrected chi connectivity index (χ3v) is 5.28. The number of alkyl halides is 3. The number of thiazole rings is 1. The van der Waals surface area contributed by atoms with E-state index in [0.717, 1.165) is 11.9 Å². The summed E-state index contributed by atoms with van der Waals surface area (Å²) >= 11 is 0.603. The standard InChI is InChI=1S/C18H20F3N3O2S/c1-2-26-14-5-3-12(4-6-14)16(25)24-9-7-13(8-10-24)23-17-22-11-15(27-17)18(19,20)21/h3-6,11,13H,2,7-10H2,1H3,(H,22,23). The van der Waals surface area contributed by atoms with Crippen LogP contribution >= 0.6 is 11.3 Å². The number of carbonyl (C=O) groups is 1. The van der Waals surface area contributed by atoms with Crippen molar-refractivity contribution < 1.29 is 22.7 Å². The maximum absolute atomic E-state index is 12.6. The first-order chi connectivity index (χ1) is 12.9. The van der Waals surface area contributed by atoms with Crippen LogP contribution in [0.3, 0.4) is 0 Å². The maximum Gasteiger partial charge on any atom is 0.427 e. The van der Waals surface area contributed by atoms with Gasteiger partial charge in [0.15, 0.2) is 5.13 Å². The Kier molecular flexibility index (Phi) is 5.88. The SMILES string of the molecule is CCOc1ccc(C(=O)N2CCC(Nc3ncc(C(F)(F)F)s3)CC2)cc1. The first-order valence-electron chi connectivity index (χ1n) is 8.68. The molecule has 0 radical (unpaired) electrons. The van der Waals surface area contributed by atoms with Crippen LogP contribution in [0.4, 0.5) is 18.3 Å². The number of likely N-dealkylation sites (tertiary alicyclic amines) is 1. The molecule has 0 atom stereocenters. The summed E-state index contributed by atoms with van der Waals surface area (Å²) in [5.41, 5.74) is 0.597. The highest BCUT2D eigenvalue weighted by molar-refractivity contribution is 7.15. The van der Waals surface area contributed by atoms with Gasteiger partial charge in [0.05, 0.1) is 12.8 Å². The fourth-order valence-corrected chi connectivity index (χ4v) is 3.68. The summed E-state index contributed by atoms with van der Waals surface area (Å²) in [6, 6.07) is 7.02. The van der Waals surface area contributed by atoms with Gasteiger partial charge in [-0.25, -0.2) is 4.98 Å². The molecule has 1 aromatic heterocycles. The van der Waals surface area contributed by atoms with E-state index in [1.807, 2.05) is 6.92 Å². The maximum atomic E-state index is 12.6. The predicted molar refractivity (Wildman–Crippen MR) is 97.3 cm³/mol. The Bertz CT molecular complexity index is 769. The molecule has 1 amide bonds. The van der Waals surface area contributed by atoms with Crippen LogP contribution in [0.2, 0.25) is 0 Å². The second kappa shape index (κ2) is 8.16. The van der Waals surface area contributed by atoms with Crippen LogP contribution in [-0.4, -0.2) is 41.5 Å². The van der Waals surface area contributed by atoms with Crippen molar-refractivity contribution in [2.45, 2.75) is 32.0 Å². The quantitative estimate of drug-likeness (QED) is 0.816. The second-order valence-electron chi connectivity index (χ2n) is 6.20. The normalized spacial score (nSPS) is 15.6. The van der Waals surface area contributed by atoms with Crippen LogP contribution in [0.5, 0.6) is 5.75 Å². The Balaban J connectivity index is 1.52. The van der Waals surface area contributed by atoms with Crippen molar-refractivity contribution >= 4 is 22.4 Å². The molecule has 146 valence electrons. The molecule has 1 aliphatic heterocycles. The van der Waals surface area contributed by atoms with E-state index in [0.29, 0.717) is 49.4 Å². The predicted octanol–water partition coefficient (Wildman–Crippen LogP) is 4.28. The van der Waals surface area contributed by atoms with Crippen molar-refractivity contribution in [2.24, 2.45) is 0 Å². The van der Waals surface area contributed by atoms with Gasteiger partial charge >= 0.3 is 6.18 Å². The summed E-state index contributed by atoms with van der Waals surface area (Å²) in [7, 11) is 0. The van der Waals surface area contributed by atoms with E-state index in [4.69, 9.17) is 4.74 Å². The first kappa shape index (κ1) is 19.5. The molecule has 2 heterocycles. The number of amides is 1. The molecular formula is C18H20F3N3O2S. The summed E-state index contributed by atoms with van der Waals surface area (Å²) in [6.45, 7) is 3.55. The Morgan fingerprint density at radius 3 is 2.52 bits per heavy atom. The molecule has 2 aromatic rings. The number of carbonyl (C=O) groups excluding carboxylic acids is 1. The molecule has 5 nitrogen and oxygen atoms in total. The first-order valence-corrected chi connectivity index (χ1v) is 9.50. The number of aromatic nitrogens is 1. The molecule has 3 rings (SSSR count). The van der Waals surface area contributed by atoms with E-state index in [1.165, 1.54) is 0 Å². The number of halogens is 3. The molecule has 0 saturated carbocycles. The zero-order chi connectivity index (χ0) is 19.4. The Hall–Kier alpha value is -2.29. The molecule has 1 aromatic carbocycles. The van der Waals surface area contributed by atoms with Gasteiger partial charge in [-0.05, 0) is 44.0 Å². The van der Waals surface area contributed by atoms with Crippen molar-refractivity contribution in [1.29, 1.82) is 0 Å². The zero-order valence-electron chi connectivity index (χ0n) is 14.8. The van der Waals surface area contributed by atoms with Crippen LogP contribution in [0, 0.1) is 0 Å². The lowest BCUT2D eigenvalue weighted by Crippen LogP contribution is -2.42. The number of benzene rings is 1. The van der Waals surface area contributed by atoms with Crippen molar-refractivity contribution in [3.05, 3.63) is 40.9 Å². The van der Waals surface area contributed by atoms with E-state index in [2.05, 4.69) is 10.3 Å². The molecule has 27 heavy (non-hydrogen) atoms. The van der Waals surface area contributed by atoms with Gasteiger partial charge in [0.2, 0.25) is 0 Å². The lowest BCUT2D eigenvalue weighted by molar-refractivity contribution is -0.134. The van der Waals surface area contributed by atoms with Crippen molar-refractivity contribution in [3.63, 3.8) is 0 Å². The number of anilines is 1. The highest BCUT2D eigenvalue weighted by Gasteiger charge is 2.33. The van der Waals surface area contributed by atoms with Gasteiger partial charge in [0.25, 0.3) is 5.91 Å². The summed E-state index contributed by atoms with van der Waals surface area (Å²) in [5.74, 6) is 0.670. The zero-order valence-corrected chi connectivity index (χ0v) is 15.6. The number of hydrogen-bond donors (Lipinski definition) is 1. The monoisotopic (exact) mass is 399 g/mol. The largest absolute Gasteiger partial charge is 0.494 e. The molecule has 0 aliphatic carbocycles. The van der Waals surface area contributed by atoms with Crippen LogP contribution < -0.4 is 10.1 Å². The summed E-state index contributed by atoms with van der Waals surface area (Å²) in [6.07, 6.45) is -2.21. The average Bonchev–Trinajstić information content (AvgIpc) is 3.12. The Labute approximate surface area is 159 Å². The van der Waals surface area contributed by atoms with E-state index < -0.39 is 11.1 Å². The van der Waals surface area contributed by atoms with Crippen molar-refractivity contribution in [3.8, 4) is 5.75 Å². The van der Waals surface area contributed by atoms with Crippen LogP contribution in [0.1, 0.15) is 35.0 Å². The van der Waals surface area contributed by atoms with Gasteiger partial charge < -0.3 is 15.0 Å². The summed E-state index contributed by atoms with van der Waals surface area (Å²) in [5, 5.41) is 3.31. The number of hydrogen-bond acceptors (Lipinski definition) is 5. The minimum Gasteiger partial charge on any atom is -0.494 e. The molecule has 0 spiro atoms. The molecule has 1 fully saturated rings. The lowest BCUT2D eigenvalue weighted by atomic mass is 10.0. The van der Waals surface area contributed by atoms with E-state index >= 15 is 0 Å². The molecule has 0 bridgehead atoms. The number of ether oxygens (including phenoxy) is 1. The van der Waals surface area contributed by atoms with Crippen LogP contribution in [0.15, 0.2) is 30.5 Å². The highest BCUT2D eigenvalue weighted by atomic mass is 32.1. The number of rotatable bonds is 5. The van der Waals surface area contributed by atoms with Gasteiger partial charge in [-0.3, -0.25) is 4.79 Å². The van der Waals surface area contributed by atoms with Gasteiger partial charge in [0.1, 0.15) is 10.6 Å². The van der Waals surface area contributed by atoms with Crippen LogP contribution in [0.25, 0.3) is 0 Å². The third kappa shape index (κ3) is 4.91. The lowest BCUT2D eigenvalue weighted by Gasteiger charge is -2.32. The van der Waals surface area contributed by atoms with E-state index in [1.54, 1.807) is 29.2 Å². The fourth-order valence-electron chi connectivity index (χ4n) is 2.92. The molecular weight excluding hydrogens is 379 g/mol. The van der Waals surface area contributed by atoms with Gasteiger partial charge in [0, 0.05) is 24.7 Å². The van der Waals surface area contributed by atoms with Gasteiger partial charge in [-0.15, -0.1) is 0 Å². The third-order valence-electron chi connectivity index (χ3n) is 4.31. The summed E-state index contributed by atoms with van der Waals surface area (Å²) < 4.78 is 43.3. The van der Waals surface area contributed by atoms with Crippen molar-refractivity contribution in [1.82, 2.24) is 9.88 Å². The fraction of sp³-hybridized carbons (Fsp3) is 0.444. The van der Waals surface area contributed by atoms with Gasteiger partial charge in [-0.1, -0.05) is 11.3 Å². The Morgan fingerprint density at radius 1 is 1.30 bits per heavy atom. The molecule has 9 heteroatoms. The van der Waals surface area contributed by atoms with E-state index in [9.17, 15) is 18.0 Å². The topological polar surface area (TPSA) is 54.5 Å².